The molecule has 0 saturated carbocycles. The summed E-state index contributed by atoms with van der Waals surface area (Å²) in [5.74, 6) is 0. The van der Waals surface area contributed by atoms with Gasteiger partial charge in [-0.15, -0.1) is 0 Å². The average Bonchev–Trinajstić information content (AvgIpc) is 2.35. The SMILES string of the molecule is Nc1ccc(C(F)(F)F)nc1-c1c(Cl)ccc(Cl)c1Cl. The van der Waals surface area contributed by atoms with Crippen LogP contribution in [0, 0.1) is 0 Å². The highest BCUT2D eigenvalue weighted by Gasteiger charge is 2.33. The Hall–Kier alpha value is -1.17. The van der Waals surface area contributed by atoms with Crippen molar-refractivity contribution in [3.8, 4) is 11.3 Å². The summed E-state index contributed by atoms with van der Waals surface area (Å²) in [6.07, 6.45) is -4.60. The highest BCUT2D eigenvalue weighted by atomic mass is 35.5. The maximum atomic E-state index is 12.7. The molecule has 0 aliphatic heterocycles. The molecule has 0 bridgehead atoms. The van der Waals surface area contributed by atoms with Gasteiger partial charge >= 0.3 is 6.18 Å². The second-order valence-corrected chi connectivity index (χ2v) is 5.04. The molecule has 0 aliphatic rings. The largest absolute Gasteiger partial charge is 0.433 e. The van der Waals surface area contributed by atoms with Crippen molar-refractivity contribution in [2.24, 2.45) is 0 Å². The lowest BCUT2D eigenvalue weighted by molar-refractivity contribution is -0.141. The Labute approximate surface area is 127 Å². The predicted molar refractivity (Wildman–Crippen MR) is 74.1 cm³/mol. The van der Waals surface area contributed by atoms with Gasteiger partial charge in [-0.25, -0.2) is 4.98 Å². The van der Waals surface area contributed by atoms with Crippen molar-refractivity contribution in [3.05, 3.63) is 45.0 Å². The number of nitrogens with two attached hydrogens (primary N) is 1. The molecule has 1 heterocycles. The highest BCUT2D eigenvalue weighted by molar-refractivity contribution is 6.46. The van der Waals surface area contributed by atoms with E-state index in [0.717, 1.165) is 12.1 Å². The zero-order valence-corrected chi connectivity index (χ0v) is 11.9. The van der Waals surface area contributed by atoms with Gasteiger partial charge in [0.15, 0.2) is 0 Å². The first kappa shape index (κ1) is 15.2. The van der Waals surface area contributed by atoms with E-state index in [-0.39, 0.29) is 32.0 Å². The number of benzene rings is 1. The molecule has 0 amide bonds. The van der Waals surface area contributed by atoms with E-state index in [4.69, 9.17) is 40.5 Å². The minimum atomic E-state index is -4.60. The summed E-state index contributed by atoms with van der Waals surface area (Å²) in [5.41, 5.74) is 4.51. The molecule has 2 N–H and O–H groups in total. The van der Waals surface area contributed by atoms with Crippen LogP contribution < -0.4 is 5.73 Å². The maximum Gasteiger partial charge on any atom is 0.433 e. The Morgan fingerprint density at radius 1 is 0.950 bits per heavy atom. The summed E-state index contributed by atoms with van der Waals surface area (Å²) < 4.78 is 38.1. The summed E-state index contributed by atoms with van der Waals surface area (Å²) in [6, 6.07) is 4.72. The number of pyridine rings is 1. The molecule has 0 atom stereocenters. The predicted octanol–water partition coefficient (Wildman–Crippen LogP) is 5.31. The number of alkyl halides is 3. The summed E-state index contributed by atoms with van der Waals surface area (Å²) >= 11 is 17.8. The molecule has 0 aliphatic carbocycles. The molecule has 2 aromatic rings. The molecule has 0 unspecified atom stereocenters. The zero-order valence-electron chi connectivity index (χ0n) is 9.60. The fourth-order valence-electron chi connectivity index (χ4n) is 1.57. The number of hydrogen-bond acceptors (Lipinski definition) is 2. The minimum absolute atomic E-state index is 0.00214. The van der Waals surface area contributed by atoms with E-state index in [1.165, 1.54) is 12.1 Å². The van der Waals surface area contributed by atoms with Crippen molar-refractivity contribution in [2.75, 3.05) is 5.73 Å². The molecule has 106 valence electrons. The Bertz CT molecular complexity index is 672. The molecule has 1 aromatic heterocycles. The van der Waals surface area contributed by atoms with Crippen LogP contribution >= 0.6 is 34.8 Å². The second-order valence-electron chi connectivity index (χ2n) is 3.85. The fraction of sp³-hybridized carbons (Fsp3) is 0.0833. The van der Waals surface area contributed by atoms with Crippen LogP contribution in [0.5, 0.6) is 0 Å². The van der Waals surface area contributed by atoms with Gasteiger partial charge < -0.3 is 5.73 Å². The van der Waals surface area contributed by atoms with Crippen molar-refractivity contribution in [2.45, 2.75) is 6.18 Å². The molecule has 0 spiro atoms. The Morgan fingerprint density at radius 3 is 2.15 bits per heavy atom. The zero-order chi connectivity index (χ0) is 15.1. The first-order chi connectivity index (χ1) is 9.21. The summed E-state index contributed by atoms with van der Waals surface area (Å²) in [5, 5.41) is 0.250. The topological polar surface area (TPSA) is 38.9 Å². The van der Waals surface area contributed by atoms with Crippen LogP contribution in [0.2, 0.25) is 15.1 Å². The lowest BCUT2D eigenvalue weighted by atomic mass is 10.1. The first-order valence-electron chi connectivity index (χ1n) is 5.19. The number of nitrogens with zero attached hydrogens (tertiary/aromatic N) is 1. The van der Waals surface area contributed by atoms with Gasteiger partial charge in [0.25, 0.3) is 0 Å². The number of nitrogen functional groups attached to an aromatic ring is 1. The Kier molecular flexibility index (Phi) is 4.04. The first-order valence-corrected chi connectivity index (χ1v) is 6.33. The lowest BCUT2D eigenvalue weighted by Crippen LogP contribution is -2.09. The van der Waals surface area contributed by atoms with Crippen LogP contribution in [0.4, 0.5) is 18.9 Å². The third-order valence-electron chi connectivity index (χ3n) is 2.50. The van der Waals surface area contributed by atoms with Crippen molar-refractivity contribution in [1.29, 1.82) is 0 Å². The third kappa shape index (κ3) is 2.80. The van der Waals surface area contributed by atoms with E-state index in [0.29, 0.717) is 0 Å². The normalized spacial score (nSPS) is 11.7. The molecule has 0 saturated heterocycles. The number of halogens is 6. The lowest BCUT2D eigenvalue weighted by Gasteiger charge is -2.13. The maximum absolute atomic E-state index is 12.7. The highest BCUT2D eigenvalue weighted by Crippen LogP contribution is 2.41. The average molecular weight is 342 g/mol. The molecule has 1 aromatic carbocycles. The van der Waals surface area contributed by atoms with E-state index in [1.54, 1.807) is 0 Å². The van der Waals surface area contributed by atoms with Crippen LogP contribution in [-0.2, 0) is 6.18 Å². The molecule has 20 heavy (non-hydrogen) atoms. The number of hydrogen-bond donors (Lipinski definition) is 1. The van der Waals surface area contributed by atoms with Gasteiger partial charge in [-0.3, -0.25) is 0 Å². The molecule has 8 heteroatoms. The minimum Gasteiger partial charge on any atom is -0.397 e. The van der Waals surface area contributed by atoms with Crippen molar-refractivity contribution < 1.29 is 13.2 Å². The smallest absolute Gasteiger partial charge is 0.397 e. The van der Waals surface area contributed by atoms with E-state index < -0.39 is 11.9 Å². The summed E-state index contributed by atoms with van der Waals surface area (Å²) in [6.45, 7) is 0. The third-order valence-corrected chi connectivity index (χ3v) is 3.62. The molecular weight excluding hydrogens is 335 g/mol. The van der Waals surface area contributed by atoms with E-state index in [1.807, 2.05) is 0 Å². The summed E-state index contributed by atoms with van der Waals surface area (Å²) in [4.78, 5) is 3.50. The fourth-order valence-corrected chi connectivity index (χ4v) is 2.28. The van der Waals surface area contributed by atoms with Crippen LogP contribution in [0.25, 0.3) is 11.3 Å². The van der Waals surface area contributed by atoms with Crippen LogP contribution in [0.3, 0.4) is 0 Å². The molecule has 0 radical (unpaired) electrons. The van der Waals surface area contributed by atoms with Crippen molar-refractivity contribution in [3.63, 3.8) is 0 Å². The number of aromatic nitrogens is 1. The molecule has 2 nitrogen and oxygen atoms in total. The van der Waals surface area contributed by atoms with Gasteiger partial charge in [0.2, 0.25) is 0 Å². The Morgan fingerprint density at radius 2 is 1.55 bits per heavy atom. The van der Waals surface area contributed by atoms with E-state index >= 15 is 0 Å². The number of rotatable bonds is 1. The van der Waals surface area contributed by atoms with Gasteiger partial charge in [-0.2, -0.15) is 13.2 Å². The van der Waals surface area contributed by atoms with Crippen molar-refractivity contribution in [1.82, 2.24) is 4.98 Å². The van der Waals surface area contributed by atoms with Gasteiger partial charge in [-0.1, -0.05) is 34.8 Å². The molecule has 0 fully saturated rings. The quantitative estimate of drug-likeness (QED) is 0.714. The van der Waals surface area contributed by atoms with Crippen LogP contribution in [0.1, 0.15) is 5.69 Å². The Balaban J connectivity index is 2.73. The molecular formula is C12H6Cl3F3N2. The van der Waals surface area contributed by atoms with E-state index in [2.05, 4.69) is 4.98 Å². The summed E-state index contributed by atoms with van der Waals surface area (Å²) in [7, 11) is 0. The number of anilines is 1. The molecule has 2 rings (SSSR count). The second kappa shape index (κ2) is 5.31. The van der Waals surface area contributed by atoms with Crippen molar-refractivity contribution >= 4 is 40.5 Å². The van der Waals surface area contributed by atoms with Crippen LogP contribution in [0.15, 0.2) is 24.3 Å². The van der Waals surface area contributed by atoms with Gasteiger partial charge in [0.05, 0.1) is 26.4 Å². The van der Waals surface area contributed by atoms with Gasteiger partial charge in [-0.05, 0) is 24.3 Å². The van der Waals surface area contributed by atoms with Gasteiger partial charge in [0.1, 0.15) is 5.69 Å². The monoisotopic (exact) mass is 340 g/mol. The van der Waals surface area contributed by atoms with Crippen LogP contribution in [-0.4, -0.2) is 4.98 Å². The standard InChI is InChI=1S/C12H6Cl3F3N2/c13-5-1-2-6(14)10(15)9(5)11-7(19)3-4-8(20-11)12(16,17)18/h1-4H,19H2. The van der Waals surface area contributed by atoms with Gasteiger partial charge in [0, 0.05) is 5.56 Å². The van der Waals surface area contributed by atoms with E-state index in [9.17, 15) is 13.2 Å².